The fraction of sp³-hybridized carbons (Fsp3) is 0.200. The van der Waals surface area contributed by atoms with Crippen LogP contribution in [0.4, 0.5) is 24.5 Å². The van der Waals surface area contributed by atoms with Crippen LogP contribution in [0, 0.1) is 10.1 Å². The lowest BCUT2D eigenvalue weighted by atomic mass is 10.4. The number of aromatic nitrogens is 1. The average molecular weight is 211 g/mol. The number of H-pyrrole nitrogens is 1. The van der Waals surface area contributed by atoms with Crippen molar-refractivity contribution in [3.8, 4) is 5.88 Å². The second-order valence-corrected chi connectivity index (χ2v) is 2.22. The highest BCUT2D eigenvalue weighted by Crippen LogP contribution is 2.33. The monoisotopic (exact) mass is 211 g/mol. The van der Waals surface area contributed by atoms with Crippen molar-refractivity contribution < 1.29 is 22.8 Å². The van der Waals surface area contributed by atoms with E-state index in [9.17, 15) is 23.3 Å². The van der Waals surface area contributed by atoms with Crippen LogP contribution in [0.1, 0.15) is 0 Å². The molecule has 0 unspecified atom stereocenters. The van der Waals surface area contributed by atoms with Crippen molar-refractivity contribution in [3.05, 3.63) is 16.3 Å². The maximum atomic E-state index is 11.7. The van der Waals surface area contributed by atoms with Crippen molar-refractivity contribution in [2.24, 2.45) is 0 Å². The van der Waals surface area contributed by atoms with Crippen molar-refractivity contribution in [2.45, 2.75) is 6.36 Å². The molecule has 1 rings (SSSR count). The number of ether oxygens (including phenoxy) is 1. The number of alkyl halides is 3. The van der Waals surface area contributed by atoms with E-state index in [1.165, 1.54) is 0 Å². The summed E-state index contributed by atoms with van der Waals surface area (Å²) in [6, 6.07) is 0. The number of nitrogens with one attached hydrogen (secondary N) is 1. The maximum Gasteiger partial charge on any atom is 0.574 e. The normalized spacial score (nSPS) is 11.4. The third-order valence-electron chi connectivity index (χ3n) is 1.28. The molecule has 78 valence electrons. The van der Waals surface area contributed by atoms with Crippen LogP contribution in [0.25, 0.3) is 0 Å². The quantitative estimate of drug-likeness (QED) is 0.571. The molecule has 14 heavy (non-hydrogen) atoms. The summed E-state index contributed by atoms with van der Waals surface area (Å²) >= 11 is 0. The Balaban J connectivity index is 2.96. The summed E-state index contributed by atoms with van der Waals surface area (Å²) in [5.74, 6) is -0.885. The van der Waals surface area contributed by atoms with E-state index in [1.54, 1.807) is 0 Å². The first-order valence-electron chi connectivity index (χ1n) is 3.18. The third kappa shape index (κ3) is 2.06. The Morgan fingerprint density at radius 1 is 1.57 bits per heavy atom. The number of nitrogen functional groups attached to an aromatic ring is 1. The molecule has 0 fully saturated rings. The van der Waals surface area contributed by atoms with Gasteiger partial charge in [-0.25, -0.2) is 0 Å². The van der Waals surface area contributed by atoms with Gasteiger partial charge in [-0.05, 0) is 0 Å². The van der Waals surface area contributed by atoms with E-state index < -0.39 is 28.5 Å². The number of aromatic amines is 1. The second-order valence-electron chi connectivity index (χ2n) is 2.22. The summed E-state index contributed by atoms with van der Waals surface area (Å²) < 4.78 is 38.4. The van der Waals surface area contributed by atoms with Gasteiger partial charge in [-0.3, -0.25) is 10.1 Å². The molecule has 0 atom stereocenters. The molecule has 0 bridgehead atoms. The van der Waals surface area contributed by atoms with Gasteiger partial charge in [0, 0.05) is 0 Å². The van der Waals surface area contributed by atoms with Gasteiger partial charge in [0.1, 0.15) is 0 Å². The molecule has 0 radical (unpaired) electrons. The molecule has 0 aliphatic heterocycles. The Bertz CT molecular complexity index is 359. The number of anilines is 1. The molecule has 0 saturated carbocycles. The fourth-order valence-electron chi connectivity index (χ4n) is 0.757. The van der Waals surface area contributed by atoms with Gasteiger partial charge in [-0.1, -0.05) is 0 Å². The standard InChI is InChI=1S/C5H4F3N3O3/c6-5(7,8)14-4-3(9)2(1-10-4)11(12)13/h1,10H,9H2. The van der Waals surface area contributed by atoms with E-state index in [1.807, 2.05) is 4.98 Å². The first kappa shape index (κ1) is 10.2. The summed E-state index contributed by atoms with van der Waals surface area (Å²) in [4.78, 5) is 11.2. The Labute approximate surface area is 74.6 Å². The number of hydrogen-bond acceptors (Lipinski definition) is 4. The lowest BCUT2D eigenvalue weighted by Gasteiger charge is -2.06. The predicted molar refractivity (Wildman–Crippen MR) is 38.5 cm³/mol. The Hall–Kier alpha value is -1.93. The molecule has 1 aromatic heterocycles. The van der Waals surface area contributed by atoms with Crippen molar-refractivity contribution in [3.63, 3.8) is 0 Å². The van der Waals surface area contributed by atoms with Crippen molar-refractivity contribution in [1.82, 2.24) is 4.98 Å². The summed E-state index contributed by atoms with van der Waals surface area (Å²) in [6.07, 6.45) is -4.22. The minimum Gasteiger partial charge on any atom is -0.389 e. The molecular formula is C5H4F3N3O3. The molecule has 0 aromatic carbocycles. The van der Waals surface area contributed by atoms with Gasteiger partial charge >= 0.3 is 12.0 Å². The molecule has 0 aliphatic rings. The van der Waals surface area contributed by atoms with E-state index in [2.05, 4.69) is 4.74 Å². The van der Waals surface area contributed by atoms with Crippen LogP contribution in [0.3, 0.4) is 0 Å². The van der Waals surface area contributed by atoms with Crippen LogP contribution in [-0.4, -0.2) is 16.3 Å². The molecule has 0 amide bonds. The third-order valence-corrected chi connectivity index (χ3v) is 1.28. The zero-order valence-corrected chi connectivity index (χ0v) is 6.46. The molecule has 0 aliphatic carbocycles. The van der Waals surface area contributed by atoms with Crippen LogP contribution in [0.2, 0.25) is 0 Å². The maximum absolute atomic E-state index is 11.7. The smallest absolute Gasteiger partial charge is 0.389 e. The molecule has 0 saturated heterocycles. The lowest BCUT2D eigenvalue weighted by Crippen LogP contribution is -2.18. The summed E-state index contributed by atoms with van der Waals surface area (Å²) in [5, 5.41) is 10.2. The Morgan fingerprint density at radius 2 is 2.14 bits per heavy atom. The number of hydrogen-bond donors (Lipinski definition) is 2. The molecule has 9 heteroatoms. The van der Waals surface area contributed by atoms with Crippen LogP contribution >= 0.6 is 0 Å². The van der Waals surface area contributed by atoms with E-state index >= 15 is 0 Å². The molecular weight excluding hydrogens is 207 g/mol. The van der Waals surface area contributed by atoms with Gasteiger partial charge in [-0.2, -0.15) is 0 Å². The van der Waals surface area contributed by atoms with E-state index in [0.29, 0.717) is 0 Å². The largest absolute Gasteiger partial charge is 0.574 e. The minimum absolute atomic E-state index is 0.663. The van der Waals surface area contributed by atoms with Gasteiger partial charge in [0.15, 0.2) is 5.69 Å². The van der Waals surface area contributed by atoms with Crippen LogP contribution in [0.5, 0.6) is 5.88 Å². The van der Waals surface area contributed by atoms with Gasteiger partial charge in [0.25, 0.3) is 0 Å². The molecule has 3 N–H and O–H groups in total. The predicted octanol–water partition coefficient (Wildman–Crippen LogP) is 1.40. The Morgan fingerprint density at radius 3 is 2.50 bits per heavy atom. The SMILES string of the molecule is Nc1c([N+](=O)[O-])c[nH]c1OC(F)(F)F. The zero-order chi connectivity index (χ0) is 10.9. The van der Waals surface area contributed by atoms with E-state index in [-0.39, 0.29) is 0 Å². The number of nitro groups is 1. The van der Waals surface area contributed by atoms with Crippen LogP contribution in [-0.2, 0) is 0 Å². The number of halogens is 3. The van der Waals surface area contributed by atoms with Gasteiger partial charge < -0.3 is 15.5 Å². The summed E-state index contributed by atoms with van der Waals surface area (Å²) in [7, 11) is 0. The summed E-state index contributed by atoms with van der Waals surface area (Å²) in [5.41, 5.74) is 3.66. The summed E-state index contributed by atoms with van der Waals surface area (Å²) in [6.45, 7) is 0. The minimum atomic E-state index is -4.94. The Kier molecular flexibility index (Phi) is 2.24. The van der Waals surface area contributed by atoms with Gasteiger partial charge in [-0.15, -0.1) is 13.2 Å². The topological polar surface area (TPSA) is 94.2 Å². The van der Waals surface area contributed by atoms with Crippen LogP contribution in [0.15, 0.2) is 6.20 Å². The second kappa shape index (κ2) is 3.09. The molecule has 6 nitrogen and oxygen atoms in total. The first-order chi connectivity index (χ1) is 6.31. The molecule has 1 aromatic rings. The number of nitrogens with two attached hydrogens (primary N) is 1. The van der Waals surface area contributed by atoms with Gasteiger partial charge in [0.2, 0.25) is 5.88 Å². The fourth-order valence-corrected chi connectivity index (χ4v) is 0.757. The van der Waals surface area contributed by atoms with Crippen molar-refractivity contribution in [2.75, 3.05) is 5.73 Å². The highest BCUT2D eigenvalue weighted by Gasteiger charge is 2.34. The lowest BCUT2D eigenvalue weighted by molar-refractivity contribution is -0.383. The van der Waals surface area contributed by atoms with Crippen molar-refractivity contribution >= 4 is 11.4 Å². The average Bonchev–Trinajstić information content (AvgIpc) is 2.29. The van der Waals surface area contributed by atoms with Crippen LogP contribution < -0.4 is 10.5 Å². The highest BCUT2D eigenvalue weighted by molar-refractivity contribution is 5.64. The molecule has 0 spiro atoms. The zero-order valence-electron chi connectivity index (χ0n) is 6.46. The molecule has 1 heterocycles. The van der Waals surface area contributed by atoms with Gasteiger partial charge in [0.05, 0.1) is 11.1 Å². The first-order valence-corrected chi connectivity index (χ1v) is 3.18. The van der Waals surface area contributed by atoms with Crippen molar-refractivity contribution in [1.29, 1.82) is 0 Å². The number of nitrogens with zero attached hydrogens (tertiary/aromatic N) is 1. The van der Waals surface area contributed by atoms with E-state index in [4.69, 9.17) is 5.73 Å². The number of rotatable bonds is 2. The highest BCUT2D eigenvalue weighted by atomic mass is 19.4. The van der Waals surface area contributed by atoms with E-state index in [0.717, 1.165) is 6.20 Å².